The van der Waals surface area contributed by atoms with E-state index < -0.39 is 0 Å². The van der Waals surface area contributed by atoms with Gasteiger partial charge in [-0.3, -0.25) is 0 Å². The summed E-state index contributed by atoms with van der Waals surface area (Å²) in [6.07, 6.45) is 5.15. The van der Waals surface area contributed by atoms with Crippen LogP contribution in [0.5, 0.6) is 0 Å². The van der Waals surface area contributed by atoms with Crippen molar-refractivity contribution in [2.75, 3.05) is 0 Å². The summed E-state index contributed by atoms with van der Waals surface area (Å²) < 4.78 is 0. The number of hydrogen-bond acceptors (Lipinski definition) is 4. The van der Waals surface area contributed by atoms with Crippen LogP contribution in [0.2, 0.25) is 0 Å². The second kappa shape index (κ2) is 3.40. The first-order valence-electron chi connectivity index (χ1n) is 4.53. The van der Waals surface area contributed by atoms with Gasteiger partial charge in [-0.15, -0.1) is 11.3 Å². The predicted octanol–water partition coefficient (Wildman–Crippen LogP) is 2.75. The van der Waals surface area contributed by atoms with Crippen LogP contribution in [-0.4, -0.2) is 15.0 Å². The molecular weight excluding hydrogens is 206 g/mol. The first-order chi connectivity index (χ1) is 7.43. The standard InChI is InChI=1S/C11H7N3S/c1-2-10(15-3-1)8-4-9-5-12-7-14-11(9)13-6-8/h1-7H. The van der Waals surface area contributed by atoms with Crippen LogP contribution < -0.4 is 0 Å². The molecule has 0 aliphatic rings. The monoisotopic (exact) mass is 213 g/mol. The number of nitrogens with zero attached hydrogens (tertiary/aromatic N) is 3. The first kappa shape index (κ1) is 8.49. The Kier molecular flexibility index (Phi) is 1.93. The van der Waals surface area contributed by atoms with E-state index in [4.69, 9.17) is 0 Å². The van der Waals surface area contributed by atoms with Crippen LogP contribution in [0.3, 0.4) is 0 Å². The molecule has 3 heterocycles. The molecule has 0 aliphatic heterocycles. The summed E-state index contributed by atoms with van der Waals surface area (Å²) >= 11 is 1.70. The quantitative estimate of drug-likeness (QED) is 0.624. The van der Waals surface area contributed by atoms with Gasteiger partial charge in [0.05, 0.1) is 0 Å². The molecule has 0 bridgehead atoms. The van der Waals surface area contributed by atoms with Gasteiger partial charge in [0, 0.05) is 28.2 Å². The average Bonchev–Trinajstić information content (AvgIpc) is 2.82. The molecule has 0 amide bonds. The fourth-order valence-electron chi connectivity index (χ4n) is 1.46. The molecular formula is C11H7N3S. The molecule has 0 fully saturated rings. The largest absolute Gasteiger partial charge is 0.244 e. The zero-order valence-electron chi connectivity index (χ0n) is 7.79. The van der Waals surface area contributed by atoms with Gasteiger partial charge in [-0.1, -0.05) is 6.07 Å². The Morgan fingerprint density at radius 2 is 2.13 bits per heavy atom. The summed E-state index contributed by atoms with van der Waals surface area (Å²) in [4.78, 5) is 13.6. The Balaban J connectivity index is 2.22. The zero-order chi connectivity index (χ0) is 10.1. The highest BCUT2D eigenvalue weighted by Crippen LogP contribution is 2.25. The molecule has 0 aliphatic carbocycles. The van der Waals surface area contributed by atoms with Crippen LogP contribution in [-0.2, 0) is 0 Å². The fourth-order valence-corrected chi connectivity index (χ4v) is 2.17. The van der Waals surface area contributed by atoms with Gasteiger partial charge in [0.2, 0.25) is 0 Å². The third kappa shape index (κ3) is 1.49. The van der Waals surface area contributed by atoms with Crippen LogP contribution >= 0.6 is 11.3 Å². The summed E-state index contributed by atoms with van der Waals surface area (Å²) in [5.74, 6) is 0. The molecule has 3 aromatic heterocycles. The number of hydrogen-bond donors (Lipinski definition) is 0. The Labute approximate surface area is 90.5 Å². The molecule has 0 N–H and O–H groups in total. The summed E-state index contributed by atoms with van der Waals surface area (Å²) in [7, 11) is 0. The van der Waals surface area contributed by atoms with Crippen molar-refractivity contribution >= 4 is 22.4 Å². The molecule has 72 valence electrons. The highest BCUT2D eigenvalue weighted by molar-refractivity contribution is 7.13. The van der Waals surface area contributed by atoms with Gasteiger partial charge in [-0.25, -0.2) is 15.0 Å². The van der Waals surface area contributed by atoms with Crippen LogP contribution in [0.4, 0.5) is 0 Å². The van der Waals surface area contributed by atoms with Crippen molar-refractivity contribution in [1.82, 2.24) is 15.0 Å². The second-order valence-corrected chi connectivity index (χ2v) is 4.08. The highest BCUT2D eigenvalue weighted by atomic mass is 32.1. The topological polar surface area (TPSA) is 38.7 Å². The van der Waals surface area contributed by atoms with E-state index in [0.29, 0.717) is 0 Å². The van der Waals surface area contributed by atoms with Crippen LogP contribution in [0, 0.1) is 0 Å². The summed E-state index contributed by atoms with van der Waals surface area (Å²) in [5, 5.41) is 3.03. The lowest BCUT2D eigenvalue weighted by Crippen LogP contribution is -1.85. The van der Waals surface area contributed by atoms with Crippen molar-refractivity contribution in [3.8, 4) is 10.4 Å². The van der Waals surface area contributed by atoms with E-state index in [1.165, 1.54) is 11.2 Å². The Hall–Kier alpha value is -1.81. The van der Waals surface area contributed by atoms with Gasteiger partial charge in [0.1, 0.15) is 6.33 Å². The van der Waals surface area contributed by atoms with E-state index in [9.17, 15) is 0 Å². The SMILES string of the molecule is c1csc(-c2cnc3ncncc3c2)c1. The van der Waals surface area contributed by atoms with E-state index >= 15 is 0 Å². The van der Waals surface area contributed by atoms with Crippen molar-refractivity contribution in [3.63, 3.8) is 0 Å². The Morgan fingerprint density at radius 3 is 3.00 bits per heavy atom. The van der Waals surface area contributed by atoms with E-state index in [1.54, 1.807) is 17.5 Å². The van der Waals surface area contributed by atoms with Gasteiger partial charge in [0.25, 0.3) is 0 Å². The number of pyridine rings is 1. The lowest BCUT2D eigenvalue weighted by molar-refractivity contribution is 1.18. The average molecular weight is 213 g/mol. The van der Waals surface area contributed by atoms with Gasteiger partial charge >= 0.3 is 0 Å². The maximum atomic E-state index is 4.29. The smallest absolute Gasteiger partial charge is 0.162 e. The van der Waals surface area contributed by atoms with E-state index in [0.717, 1.165) is 16.6 Å². The molecule has 0 atom stereocenters. The normalized spacial score (nSPS) is 10.7. The van der Waals surface area contributed by atoms with Crippen molar-refractivity contribution in [1.29, 1.82) is 0 Å². The number of aromatic nitrogens is 3. The number of thiophene rings is 1. The van der Waals surface area contributed by atoms with Crippen LogP contribution in [0.25, 0.3) is 21.5 Å². The lowest BCUT2D eigenvalue weighted by Gasteiger charge is -1.98. The molecule has 0 aromatic carbocycles. The molecule has 3 aromatic rings. The van der Waals surface area contributed by atoms with Crippen molar-refractivity contribution in [2.24, 2.45) is 0 Å². The minimum Gasteiger partial charge on any atom is -0.244 e. The maximum Gasteiger partial charge on any atom is 0.162 e. The van der Waals surface area contributed by atoms with Gasteiger partial charge < -0.3 is 0 Å². The second-order valence-electron chi connectivity index (χ2n) is 3.14. The van der Waals surface area contributed by atoms with E-state index in [-0.39, 0.29) is 0 Å². The van der Waals surface area contributed by atoms with Gasteiger partial charge in [0.15, 0.2) is 5.65 Å². The Bertz CT molecular complexity index is 590. The molecule has 4 heteroatoms. The molecule has 0 unspecified atom stereocenters. The molecule has 0 saturated heterocycles. The number of fused-ring (bicyclic) bond motifs is 1. The molecule has 0 radical (unpaired) electrons. The van der Waals surface area contributed by atoms with Crippen LogP contribution in [0.15, 0.2) is 42.3 Å². The minimum absolute atomic E-state index is 0.741. The Morgan fingerprint density at radius 1 is 1.13 bits per heavy atom. The third-order valence-electron chi connectivity index (χ3n) is 2.16. The van der Waals surface area contributed by atoms with E-state index in [2.05, 4.69) is 32.5 Å². The first-order valence-corrected chi connectivity index (χ1v) is 5.41. The predicted molar refractivity (Wildman–Crippen MR) is 60.6 cm³/mol. The molecule has 0 spiro atoms. The number of rotatable bonds is 1. The molecule has 15 heavy (non-hydrogen) atoms. The molecule has 0 saturated carbocycles. The van der Waals surface area contributed by atoms with Crippen molar-refractivity contribution < 1.29 is 0 Å². The van der Waals surface area contributed by atoms with E-state index in [1.807, 2.05) is 12.3 Å². The van der Waals surface area contributed by atoms with Crippen molar-refractivity contribution in [3.05, 3.63) is 42.3 Å². The van der Waals surface area contributed by atoms with Gasteiger partial charge in [-0.05, 0) is 17.5 Å². The molecule has 3 nitrogen and oxygen atoms in total. The van der Waals surface area contributed by atoms with Crippen molar-refractivity contribution in [2.45, 2.75) is 0 Å². The minimum atomic E-state index is 0.741. The lowest BCUT2D eigenvalue weighted by atomic mass is 10.2. The van der Waals surface area contributed by atoms with Crippen LogP contribution in [0.1, 0.15) is 0 Å². The maximum absolute atomic E-state index is 4.29. The molecule has 3 rings (SSSR count). The highest BCUT2D eigenvalue weighted by Gasteiger charge is 2.01. The fraction of sp³-hybridized carbons (Fsp3) is 0. The third-order valence-corrected chi connectivity index (χ3v) is 3.08. The summed E-state index contributed by atoms with van der Waals surface area (Å²) in [5.41, 5.74) is 1.86. The summed E-state index contributed by atoms with van der Waals surface area (Å²) in [6.45, 7) is 0. The van der Waals surface area contributed by atoms with Gasteiger partial charge in [-0.2, -0.15) is 0 Å². The zero-order valence-corrected chi connectivity index (χ0v) is 8.61. The summed E-state index contributed by atoms with van der Waals surface area (Å²) in [6, 6.07) is 6.18.